The number of nitrogens with zero attached hydrogens (tertiary/aromatic N) is 1. The van der Waals surface area contributed by atoms with Gasteiger partial charge in [0.15, 0.2) is 0 Å². The summed E-state index contributed by atoms with van der Waals surface area (Å²) in [7, 11) is 1.56. The number of rotatable bonds is 8. The van der Waals surface area contributed by atoms with Crippen molar-refractivity contribution in [3.05, 3.63) is 64.7 Å². The fourth-order valence-corrected chi connectivity index (χ4v) is 4.14. The number of methoxy groups -OCH3 is 1. The van der Waals surface area contributed by atoms with E-state index in [9.17, 15) is 14.4 Å². The summed E-state index contributed by atoms with van der Waals surface area (Å²) in [6.45, 7) is 3.65. The first kappa shape index (κ1) is 25.5. The second-order valence-corrected chi connectivity index (χ2v) is 8.74. The van der Waals surface area contributed by atoms with Crippen LogP contribution in [0.1, 0.15) is 28.8 Å². The molecule has 0 bridgehead atoms. The van der Waals surface area contributed by atoms with E-state index in [1.807, 2.05) is 31.2 Å². The highest BCUT2D eigenvalue weighted by Crippen LogP contribution is 2.23. The molecule has 2 aromatic carbocycles. The lowest BCUT2D eigenvalue weighted by Gasteiger charge is -2.35. The third-order valence-corrected chi connectivity index (χ3v) is 6.22. The number of urea groups is 1. The van der Waals surface area contributed by atoms with Crippen LogP contribution < -0.4 is 16.0 Å². The molecular formula is C25H31ClN4O4. The Morgan fingerprint density at radius 1 is 1.09 bits per heavy atom. The first-order valence-corrected chi connectivity index (χ1v) is 11.7. The molecule has 1 unspecified atom stereocenters. The summed E-state index contributed by atoms with van der Waals surface area (Å²) < 4.78 is 5.01. The minimum absolute atomic E-state index is 0.127. The smallest absolute Gasteiger partial charge is 0.321 e. The SMILES string of the molecule is COCCNC(=O)C(NC(=O)c1ccccc1Cl)C1CCN(C(=O)Nc2ccc(C)cc2)CC1. The van der Waals surface area contributed by atoms with Crippen LogP contribution in [0.2, 0.25) is 5.02 Å². The molecule has 3 rings (SSSR count). The first-order valence-electron chi connectivity index (χ1n) is 11.3. The summed E-state index contributed by atoms with van der Waals surface area (Å²) in [6, 6.07) is 13.4. The van der Waals surface area contributed by atoms with Crippen LogP contribution in [0.4, 0.5) is 10.5 Å². The van der Waals surface area contributed by atoms with Crippen molar-refractivity contribution < 1.29 is 19.1 Å². The second kappa shape index (κ2) is 12.4. The van der Waals surface area contributed by atoms with Crippen LogP contribution in [0.25, 0.3) is 0 Å². The van der Waals surface area contributed by atoms with Crippen LogP contribution in [0.5, 0.6) is 0 Å². The van der Waals surface area contributed by atoms with E-state index in [0.29, 0.717) is 49.7 Å². The number of halogens is 1. The summed E-state index contributed by atoms with van der Waals surface area (Å²) in [5.41, 5.74) is 2.17. The molecule has 1 heterocycles. The number of hydrogen-bond donors (Lipinski definition) is 3. The van der Waals surface area contributed by atoms with Gasteiger partial charge in [-0.05, 0) is 49.9 Å². The fourth-order valence-electron chi connectivity index (χ4n) is 3.92. The number of hydrogen-bond acceptors (Lipinski definition) is 4. The highest BCUT2D eigenvalue weighted by Gasteiger charge is 2.34. The van der Waals surface area contributed by atoms with Crippen molar-refractivity contribution in [2.45, 2.75) is 25.8 Å². The Morgan fingerprint density at radius 2 is 1.76 bits per heavy atom. The molecule has 182 valence electrons. The Kier molecular flexibility index (Phi) is 9.30. The van der Waals surface area contributed by atoms with Crippen molar-refractivity contribution >= 4 is 35.1 Å². The molecule has 34 heavy (non-hydrogen) atoms. The molecule has 9 heteroatoms. The molecule has 0 saturated carbocycles. The van der Waals surface area contributed by atoms with Gasteiger partial charge in [0.05, 0.1) is 17.2 Å². The quantitative estimate of drug-likeness (QED) is 0.497. The Labute approximate surface area is 205 Å². The number of amides is 4. The predicted octanol–water partition coefficient (Wildman–Crippen LogP) is 3.45. The fraction of sp³-hybridized carbons (Fsp3) is 0.400. The molecule has 1 aliphatic rings. The number of nitrogens with one attached hydrogen (secondary N) is 3. The van der Waals surface area contributed by atoms with E-state index in [-0.39, 0.29) is 17.9 Å². The first-order chi connectivity index (χ1) is 16.4. The van der Waals surface area contributed by atoms with Gasteiger partial charge < -0.3 is 25.6 Å². The average molecular weight is 487 g/mol. The molecule has 1 saturated heterocycles. The number of anilines is 1. The van der Waals surface area contributed by atoms with E-state index >= 15 is 0 Å². The van der Waals surface area contributed by atoms with E-state index < -0.39 is 11.9 Å². The van der Waals surface area contributed by atoms with Crippen LogP contribution in [-0.4, -0.2) is 62.1 Å². The molecule has 0 aromatic heterocycles. The van der Waals surface area contributed by atoms with Gasteiger partial charge >= 0.3 is 6.03 Å². The Morgan fingerprint density at radius 3 is 2.41 bits per heavy atom. The van der Waals surface area contributed by atoms with Crippen LogP contribution in [0.15, 0.2) is 48.5 Å². The van der Waals surface area contributed by atoms with Crippen molar-refractivity contribution in [2.75, 3.05) is 38.7 Å². The van der Waals surface area contributed by atoms with Crippen LogP contribution >= 0.6 is 11.6 Å². The minimum atomic E-state index is -0.747. The van der Waals surface area contributed by atoms with Crippen LogP contribution in [0.3, 0.4) is 0 Å². The van der Waals surface area contributed by atoms with E-state index in [0.717, 1.165) is 11.3 Å². The number of carbonyl (C=O) groups excluding carboxylic acids is 3. The van der Waals surface area contributed by atoms with Gasteiger partial charge in [-0.3, -0.25) is 9.59 Å². The number of benzene rings is 2. The summed E-state index contributed by atoms with van der Waals surface area (Å²) in [5, 5.41) is 8.91. The molecule has 1 atom stereocenters. The van der Waals surface area contributed by atoms with Crippen LogP contribution in [-0.2, 0) is 9.53 Å². The highest BCUT2D eigenvalue weighted by atomic mass is 35.5. The van der Waals surface area contributed by atoms with Crippen molar-refractivity contribution in [3.63, 3.8) is 0 Å². The minimum Gasteiger partial charge on any atom is -0.383 e. The van der Waals surface area contributed by atoms with Gasteiger partial charge in [0, 0.05) is 32.4 Å². The van der Waals surface area contributed by atoms with Gasteiger partial charge in [-0.15, -0.1) is 0 Å². The largest absolute Gasteiger partial charge is 0.383 e. The summed E-state index contributed by atoms with van der Waals surface area (Å²) in [6.07, 6.45) is 1.15. The van der Waals surface area contributed by atoms with Gasteiger partial charge in [-0.25, -0.2) is 4.79 Å². The Balaban J connectivity index is 1.63. The lowest BCUT2D eigenvalue weighted by molar-refractivity contribution is -0.124. The molecule has 1 aliphatic heterocycles. The van der Waals surface area contributed by atoms with Crippen molar-refractivity contribution in [1.29, 1.82) is 0 Å². The number of piperidine rings is 1. The van der Waals surface area contributed by atoms with Gasteiger partial charge in [-0.1, -0.05) is 41.4 Å². The van der Waals surface area contributed by atoms with Gasteiger partial charge in [0.1, 0.15) is 6.04 Å². The topological polar surface area (TPSA) is 99.8 Å². The molecule has 8 nitrogen and oxygen atoms in total. The van der Waals surface area contributed by atoms with Crippen LogP contribution in [0, 0.1) is 12.8 Å². The molecule has 1 fully saturated rings. The maximum Gasteiger partial charge on any atom is 0.321 e. The van der Waals surface area contributed by atoms with E-state index in [1.54, 1.807) is 36.3 Å². The number of ether oxygens (including phenoxy) is 1. The third-order valence-electron chi connectivity index (χ3n) is 5.89. The third kappa shape index (κ3) is 6.95. The summed E-state index contributed by atoms with van der Waals surface area (Å²) in [4.78, 5) is 40.2. The molecular weight excluding hydrogens is 456 g/mol. The molecule has 0 spiro atoms. The predicted molar refractivity (Wildman–Crippen MR) is 132 cm³/mol. The second-order valence-electron chi connectivity index (χ2n) is 8.34. The van der Waals surface area contributed by atoms with Gasteiger partial charge in [0.2, 0.25) is 5.91 Å². The Bertz CT molecular complexity index is 991. The number of likely N-dealkylation sites (tertiary alicyclic amines) is 1. The zero-order valence-corrected chi connectivity index (χ0v) is 20.2. The standard InChI is InChI=1S/C25H31ClN4O4/c1-17-7-9-19(10-8-17)28-25(33)30-14-11-18(12-15-30)22(24(32)27-13-16-34-2)29-23(31)20-5-3-4-6-21(20)26/h3-10,18,22H,11-16H2,1-2H3,(H,27,32)(H,28,33)(H,29,31). The van der Waals surface area contributed by atoms with Crippen molar-refractivity contribution in [1.82, 2.24) is 15.5 Å². The Hall–Kier alpha value is -3.10. The maximum absolute atomic E-state index is 12.9. The summed E-state index contributed by atoms with van der Waals surface area (Å²) in [5.74, 6) is -0.811. The van der Waals surface area contributed by atoms with E-state index in [2.05, 4.69) is 16.0 Å². The zero-order chi connectivity index (χ0) is 24.5. The van der Waals surface area contributed by atoms with E-state index in [1.165, 1.54) is 0 Å². The molecule has 2 aromatic rings. The maximum atomic E-state index is 12.9. The molecule has 0 radical (unpaired) electrons. The molecule has 0 aliphatic carbocycles. The number of carbonyl (C=O) groups is 3. The normalized spacial score (nSPS) is 14.9. The molecule has 3 N–H and O–H groups in total. The van der Waals surface area contributed by atoms with Crippen molar-refractivity contribution in [3.8, 4) is 0 Å². The number of aryl methyl sites for hydroxylation is 1. The summed E-state index contributed by atoms with van der Waals surface area (Å²) >= 11 is 6.17. The van der Waals surface area contributed by atoms with Crippen molar-refractivity contribution in [2.24, 2.45) is 5.92 Å². The van der Waals surface area contributed by atoms with Gasteiger partial charge in [0.25, 0.3) is 5.91 Å². The van der Waals surface area contributed by atoms with E-state index in [4.69, 9.17) is 16.3 Å². The van der Waals surface area contributed by atoms with Gasteiger partial charge in [-0.2, -0.15) is 0 Å². The molecule has 4 amide bonds. The lowest BCUT2D eigenvalue weighted by Crippen LogP contribution is -2.54. The zero-order valence-electron chi connectivity index (χ0n) is 19.5. The monoisotopic (exact) mass is 486 g/mol. The highest BCUT2D eigenvalue weighted by molar-refractivity contribution is 6.33. The lowest BCUT2D eigenvalue weighted by atomic mass is 9.88. The average Bonchev–Trinajstić information content (AvgIpc) is 2.84.